The molecule has 1 aliphatic rings. The lowest BCUT2D eigenvalue weighted by molar-refractivity contribution is -0.121. The second-order valence-electron chi connectivity index (χ2n) is 5.51. The van der Waals surface area contributed by atoms with E-state index in [1.807, 2.05) is 0 Å². The van der Waals surface area contributed by atoms with Crippen molar-refractivity contribution in [3.8, 4) is 0 Å². The summed E-state index contributed by atoms with van der Waals surface area (Å²) in [6, 6.07) is 0.361. The van der Waals surface area contributed by atoms with E-state index in [9.17, 15) is 4.79 Å². The Morgan fingerprint density at radius 1 is 1.05 bits per heavy atom. The number of carbonyl (C=O) groups is 1. The first-order valence-corrected chi connectivity index (χ1v) is 8.03. The fourth-order valence-electron chi connectivity index (χ4n) is 2.46. The lowest BCUT2D eigenvalue weighted by Crippen LogP contribution is -2.36. The normalized spacial score (nSPS) is 23.8. The molecule has 1 rings (SSSR count). The van der Waals surface area contributed by atoms with E-state index in [0.717, 1.165) is 39.0 Å². The van der Waals surface area contributed by atoms with E-state index in [4.69, 9.17) is 0 Å². The zero-order chi connectivity index (χ0) is 13.8. The number of hydrogen-bond donors (Lipinski definition) is 3. The molecule has 0 unspecified atom stereocenters. The van der Waals surface area contributed by atoms with Crippen molar-refractivity contribution in [2.45, 2.75) is 64.3 Å². The van der Waals surface area contributed by atoms with Crippen molar-refractivity contribution >= 4 is 5.91 Å². The Morgan fingerprint density at radius 3 is 2.68 bits per heavy atom. The van der Waals surface area contributed by atoms with Crippen LogP contribution in [-0.2, 0) is 4.79 Å². The maximum absolute atomic E-state index is 11.9. The second-order valence-corrected chi connectivity index (χ2v) is 5.51. The Labute approximate surface area is 118 Å². The molecule has 19 heavy (non-hydrogen) atoms. The third kappa shape index (κ3) is 9.00. The molecule has 1 atom stereocenters. The number of hydrogen-bond acceptors (Lipinski definition) is 3. The summed E-state index contributed by atoms with van der Waals surface area (Å²) in [5, 5.41) is 9.99. The van der Waals surface area contributed by atoms with Crippen LogP contribution in [0.3, 0.4) is 0 Å². The number of amides is 1. The quantitative estimate of drug-likeness (QED) is 0.682. The van der Waals surface area contributed by atoms with Gasteiger partial charge < -0.3 is 16.0 Å². The largest absolute Gasteiger partial charge is 0.356 e. The Kier molecular flexibility index (Phi) is 9.72. The van der Waals surface area contributed by atoms with Crippen LogP contribution in [0.15, 0.2) is 0 Å². The summed E-state index contributed by atoms with van der Waals surface area (Å²) in [5.41, 5.74) is 0. The van der Waals surface area contributed by atoms with Gasteiger partial charge in [-0.3, -0.25) is 4.79 Å². The van der Waals surface area contributed by atoms with Gasteiger partial charge in [0, 0.05) is 19.0 Å². The van der Waals surface area contributed by atoms with Gasteiger partial charge in [0.15, 0.2) is 0 Å². The highest BCUT2D eigenvalue weighted by Crippen LogP contribution is 2.07. The average Bonchev–Trinajstić information content (AvgIpc) is 2.41. The van der Waals surface area contributed by atoms with Crippen molar-refractivity contribution in [3.05, 3.63) is 0 Å². The van der Waals surface area contributed by atoms with Crippen LogP contribution in [0.2, 0.25) is 0 Å². The number of unbranched alkanes of at least 4 members (excludes halogenated alkanes) is 2. The van der Waals surface area contributed by atoms with Gasteiger partial charge in [-0.15, -0.1) is 0 Å². The maximum atomic E-state index is 11.9. The monoisotopic (exact) mass is 269 g/mol. The molecule has 0 aromatic heterocycles. The molecule has 112 valence electrons. The minimum Gasteiger partial charge on any atom is -0.356 e. The van der Waals surface area contributed by atoms with Crippen molar-refractivity contribution in [2.75, 3.05) is 26.2 Å². The number of nitrogens with one attached hydrogen (secondary N) is 3. The summed E-state index contributed by atoms with van der Waals surface area (Å²) >= 11 is 0. The lowest BCUT2D eigenvalue weighted by Gasteiger charge is -2.18. The summed E-state index contributed by atoms with van der Waals surface area (Å²) in [6.07, 6.45) is 8.93. The van der Waals surface area contributed by atoms with Crippen LogP contribution in [-0.4, -0.2) is 38.1 Å². The predicted molar refractivity (Wildman–Crippen MR) is 80.3 cm³/mol. The molecule has 3 N–H and O–H groups in total. The van der Waals surface area contributed by atoms with E-state index in [0.29, 0.717) is 12.5 Å². The van der Waals surface area contributed by atoms with Gasteiger partial charge in [-0.2, -0.15) is 0 Å². The average molecular weight is 269 g/mol. The van der Waals surface area contributed by atoms with Gasteiger partial charge in [-0.05, 0) is 45.3 Å². The van der Waals surface area contributed by atoms with E-state index in [2.05, 4.69) is 22.9 Å². The summed E-state index contributed by atoms with van der Waals surface area (Å²) in [4.78, 5) is 11.9. The summed E-state index contributed by atoms with van der Waals surface area (Å²) in [6.45, 7) is 6.15. The van der Waals surface area contributed by atoms with E-state index < -0.39 is 0 Å². The Hall–Kier alpha value is -0.610. The SMILES string of the molecule is CCCCC[C@H]1CC(=O)NCCCNCCCCN1. The molecule has 0 aliphatic carbocycles. The van der Waals surface area contributed by atoms with Gasteiger partial charge in [0.1, 0.15) is 0 Å². The third-order valence-corrected chi connectivity index (χ3v) is 3.65. The van der Waals surface area contributed by atoms with Crippen molar-refractivity contribution in [1.82, 2.24) is 16.0 Å². The van der Waals surface area contributed by atoms with Crippen LogP contribution in [0.1, 0.15) is 58.3 Å². The highest BCUT2D eigenvalue weighted by atomic mass is 16.1. The van der Waals surface area contributed by atoms with E-state index in [-0.39, 0.29) is 5.91 Å². The molecule has 1 fully saturated rings. The number of rotatable bonds is 4. The van der Waals surface area contributed by atoms with Gasteiger partial charge >= 0.3 is 0 Å². The lowest BCUT2D eigenvalue weighted by atomic mass is 10.0. The third-order valence-electron chi connectivity index (χ3n) is 3.65. The van der Waals surface area contributed by atoms with Crippen molar-refractivity contribution in [1.29, 1.82) is 0 Å². The fourth-order valence-corrected chi connectivity index (χ4v) is 2.46. The molecule has 1 amide bonds. The highest BCUT2D eigenvalue weighted by Gasteiger charge is 2.13. The zero-order valence-corrected chi connectivity index (χ0v) is 12.5. The molecule has 4 heteroatoms. The van der Waals surface area contributed by atoms with Gasteiger partial charge in [0.25, 0.3) is 0 Å². The maximum Gasteiger partial charge on any atom is 0.221 e. The molecule has 0 spiro atoms. The summed E-state index contributed by atoms with van der Waals surface area (Å²) in [7, 11) is 0. The zero-order valence-electron chi connectivity index (χ0n) is 12.5. The molecule has 0 saturated carbocycles. The Morgan fingerprint density at radius 2 is 1.84 bits per heavy atom. The Bertz CT molecular complexity index is 233. The second kappa shape index (κ2) is 11.2. The first kappa shape index (κ1) is 16.4. The Balaban J connectivity index is 2.34. The van der Waals surface area contributed by atoms with Gasteiger partial charge in [-0.1, -0.05) is 26.2 Å². The van der Waals surface area contributed by atoms with E-state index in [1.165, 1.54) is 32.1 Å². The van der Waals surface area contributed by atoms with Crippen LogP contribution >= 0.6 is 0 Å². The minimum absolute atomic E-state index is 0.202. The standard InChI is InChI=1S/C15H31N3O/c1-2-3-4-8-14-13-15(19)18-12-7-10-16-9-5-6-11-17-14/h14,16-17H,2-13H2,1H3,(H,18,19)/t14-/m0/s1. The molecule has 1 aliphatic heterocycles. The van der Waals surface area contributed by atoms with Crippen LogP contribution in [0.25, 0.3) is 0 Å². The van der Waals surface area contributed by atoms with Crippen LogP contribution in [0, 0.1) is 0 Å². The molecular formula is C15H31N3O. The molecule has 0 bridgehead atoms. The van der Waals surface area contributed by atoms with Crippen molar-refractivity contribution in [2.24, 2.45) is 0 Å². The van der Waals surface area contributed by atoms with E-state index >= 15 is 0 Å². The van der Waals surface area contributed by atoms with Crippen molar-refractivity contribution in [3.63, 3.8) is 0 Å². The summed E-state index contributed by atoms with van der Waals surface area (Å²) in [5.74, 6) is 0.202. The van der Waals surface area contributed by atoms with Crippen LogP contribution in [0.4, 0.5) is 0 Å². The topological polar surface area (TPSA) is 53.2 Å². The van der Waals surface area contributed by atoms with Crippen LogP contribution in [0.5, 0.6) is 0 Å². The highest BCUT2D eigenvalue weighted by molar-refractivity contribution is 5.76. The first-order valence-electron chi connectivity index (χ1n) is 8.03. The van der Waals surface area contributed by atoms with Gasteiger partial charge in [-0.25, -0.2) is 0 Å². The first-order chi connectivity index (χ1) is 9.33. The van der Waals surface area contributed by atoms with Gasteiger partial charge in [0.05, 0.1) is 0 Å². The predicted octanol–water partition coefficient (Wildman–Crippen LogP) is 1.80. The smallest absolute Gasteiger partial charge is 0.221 e. The molecule has 4 nitrogen and oxygen atoms in total. The molecule has 0 aromatic rings. The van der Waals surface area contributed by atoms with Gasteiger partial charge in [0.2, 0.25) is 5.91 Å². The molecule has 1 saturated heterocycles. The molecule has 0 radical (unpaired) electrons. The fraction of sp³-hybridized carbons (Fsp3) is 0.933. The van der Waals surface area contributed by atoms with E-state index in [1.54, 1.807) is 0 Å². The molecular weight excluding hydrogens is 238 g/mol. The van der Waals surface area contributed by atoms with Crippen molar-refractivity contribution < 1.29 is 4.79 Å². The molecule has 1 heterocycles. The minimum atomic E-state index is 0.202. The number of carbonyl (C=O) groups excluding carboxylic acids is 1. The summed E-state index contributed by atoms with van der Waals surface area (Å²) < 4.78 is 0. The molecule has 0 aromatic carbocycles. The van der Waals surface area contributed by atoms with Crippen LogP contribution < -0.4 is 16.0 Å².